The average Bonchev–Trinajstić information content (AvgIpc) is 3.60. The minimum atomic E-state index is -3.48. The van der Waals surface area contributed by atoms with Crippen LogP contribution in [0.25, 0.3) is 22.4 Å². The third-order valence-corrected chi connectivity index (χ3v) is 8.54. The molecule has 0 bridgehead atoms. The number of amides is 1. The molecular formula is C23H23N5O4S2. The number of sulfonamides is 1. The molecule has 1 aliphatic rings. The molecule has 0 saturated carbocycles. The van der Waals surface area contributed by atoms with Crippen molar-refractivity contribution in [2.24, 2.45) is 0 Å². The van der Waals surface area contributed by atoms with Gasteiger partial charge in [-0.15, -0.1) is 10.2 Å². The molecule has 11 heteroatoms. The van der Waals surface area contributed by atoms with Crippen molar-refractivity contribution in [2.75, 3.05) is 18.4 Å². The number of aromatic amines is 1. The lowest BCUT2D eigenvalue weighted by atomic mass is 10.2. The number of hydrogen-bond donors (Lipinski definition) is 2. The minimum Gasteiger partial charge on any atom is -0.411 e. The first kappa shape index (κ1) is 22.6. The second-order valence-electron chi connectivity index (χ2n) is 8.01. The van der Waals surface area contributed by atoms with Gasteiger partial charge < -0.3 is 14.7 Å². The summed E-state index contributed by atoms with van der Waals surface area (Å²) in [4.78, 5) is 16.1. The van der Waals surface area contributed by atoms with Crippen LogP contribution >= 0.6 is 11.8 Å². The van der Waals surface area contributed by atoms with Gasteiger partial charge in [0.05, 0.1) is 15.7 Å². The van der Waals surface area contributed by atoms with Gasteiger partial charge in [-0.1, -0.05) is 30.0 Å². The number of aromatic nitrogens is 3. The summed E-state index contributed by atoms with van der Waals surface area (Å²) in [5.74, 6) is 0.120. The number of nitrogens with zero attached hydrogens (tertiary/aromatic N) is 3. The molecule has 0 unspecified atom stereocenters. The first-order valence-electron chi connectivity index (χ1n) is 10.9. The van der Waals surface area contributed by atoms with Crippen LogP contribution in [0.5, 0.6) is 0 Å². The molecule has 0 aliphatic carbocycles. The minimum absolute atomic E-state index is 0.227. The Morgan fingerprint density at radius 3 is 2.62 bits per heavy atom. The third-order valence-electron chi connectivity index (χ3n) is 5.70. The van der Waals surface area contributed by atoms with Gasteiger partial charge in [0, 0.05) is 35.9 Å². The largest absolute Gasteiger partial charge is 0.411 e. The zero-order chi connectivity index (χ0) is 23.7. The fraction of sp³-hybridized carbons (Fsp3) is 0.261. The van der Waals surface area contributed by atoms with Crippen molar-refractivity contribution in [3.8, 4) is 11.5 Å². The van der Waals surface area contributed by atoms with Crippen molar-refractivity contribution in [3.05, 3.63) is 54.7 Å². The number of carbonyl (C=O) groups is 1. The molecule has 2 N–H and O–H groups in total. The lowest BCUT2D eigenvalue weighted by molar-refractivity contribution is -0.115. The molecule has 1 amide bonds. The molecular weight excluding hydrogens is 474 g/mol. The van der Waals surface area contributed by atoms with E-state index in [1.165, 1.54) is 16.4 Å². The predicted molar refractivity (Wildman–Crippen MR) is 130 cm³/mol. The van der Waals surface area contributed by atoms with Crippen molar-refractivity contribution < 1.29 is 17.6 Å². The molecule has 1 saturated heterocycles. The van der Waals surface area contributed by atoms with E-state index < -0.39 is 15.3 Å². The van der Waals surface area contributed by atoms with E-state index in [-0.39, 0.29) is 16.0 Å². The second kappa shape index (κ2) is 9.24. The highest BCUT2D eigenvalue weighted by Crippen LogP contribution is 2.31. The molecule has 0 radical (unpaired) electrons. The first-order valence-corrected chi connectivity index (χ1v) is 13.2. The van der Waals surface area contributed by atoms with Crippen molar-refractivity contribution in [2.45, 2.75) is 35.1 Å². The van der Waals surface area contributed by atoms with Crippen LogP contribution in [-0.4, -0.2) is 52.2 Å². The van der Waals surface area contributed by atoms with E-state index in [0.717, 1.165) is 41.1 Å². The number of thioether (sulfide) groups is 1. The SMILES string of the molecule is C[C@H](Sc1nnc(-c2c[nH]c3ccccc23)o1)C(=O)Nc1ccc(S(=O)(=O)N2CCCC2)cc1. The number of rotatable bonds is 7. The number of benzene rings is 2. The zero-order valence-electron chi connectivity index (χ0n) is 18.4. The summed E-state index contributed by atoms with van der Waals surface area (Å²) in [7, 11) is -3.48. The fourth-order valence-corrected chi connectivity index (χ4v) is 6.05. The Morgan fingerprint density at radius 2 is 1.85 bits per heavy atom. The van der Waals surface area contributed by atoms with Crippen molar-refractivity contribution in [1.29, 1.82) is 0 Å². The van der Waals surface area contributed by atoms with Crippen LogP contribution in [0.3, 0.4) is 0 Å². The van der Waals surface area contributed by atoms with Gasteiger partial charge in [-0.2, -0.15) is 4.31 Å². The van der Waals surface area contributed by atoms with E-state index in [1.807, 2.05) is 30.5 Å². The summed E-state index contributed by atoms with van der Waals surface area (Å²) in [5.41, 5.74) is 2.29. The highest BCUT2D eigenvalue weighted by atomic mass is 32.2. The van der Waals surface area contributed by atoms with E-state index in [0.29, 0.717) is 24.7 Å². The maximum atomic E-state index is 12.7. The summed E-state index contributed by atoms with van der Waals surface area (Å²) in [6, 6.07) is 14.0. The van der Waals surface area contributed by atoms with Crippen molar-refractivity contribution in [3.63, 3.8) is 0 Å². The lowest BCUT2D eigenvalue weighted by Crippen LogP contribution is -2.27. The van der Waals surface area contributed by atoms with E-state index in [4.69, 9.17) is 4.42 Å². The van der Waals surface area contributed by atoms with Gasteiger partial charge in [0.2, 0.25) is 15.9 Å². The fourth-order valence-electron chi connectivity index (χ4n) is 3.85. The molecule has 0 spiro atoms. The topological polar surface area (TPSA) is 121 Å². The van der Waals surface area contributed by atoms with E-state index in [9.17, 15) is 13.2 Å². The maximum Gasteiger partial charge on any atom is 0.277 e. The molecule has 1 fully saturated rings. The molecule has 3 heterocycles. The Labute approximate surface area is 201 Å². The number of nitrogens with one attached hydrogen (secondary N) is 2. The van der Waals surface area contributed by atoms with Gasteiger partial charge >= 0.3 is 0 Å². The van der Waals surface area contributed by atoms with Gasteiger partial charge in [-0.25, -0.2) is 8.42 Å². The van der Waals surface area contributed by atoms with Gasteiger partial charge in [-0.05, 0) is 50.1 Å². The van der Waals surface area contributed by atoms with Gasteiger partial charge in [0.1, 0.15) is 0 Å². The van der Waals surface area contributed by atoms with Crippen molar-refractivity contribution >= 4 is 44.3 Å². The quantitative estimate of drug-likeness (QED) is 0.368. The Morgan fingerprint density at radius 1 is 1.12 bits per heavy atom. The Hall–Kier alpha value is -3.15. The standard InChI is InChI=1S/C23H23N5O4S2/c1-15(33-23-27-26-22(32-23)19-14-24-20-7-3-2-6-18(19)20)21(29)25-16-8-10-17(11-9-16)34(30,31)28-12-4-5-13-28/h2-3,6-11,14-15,24H,4-5,12-13H2,1H3,(H,25,29)/t15-/m0/s1. The van der Waals surface area contributed by atoms with Crippen LogP contribution in [-0.2, 0) is 14.8 Å². The molecule has 1 aliphatic heterocycles. The van der Waals surface area contributed by atoms with Crippen LogP contribution in [0.15, 0.2) is 69.3 Å². The molecule has 2 aromatic heterocycles. The summed E-state index contributed by atoms with van der Waals surface area (Å²) >= 11 is 1.15. The molecule has 34 heavy (non-hydrogen) atoms. The van der Waals surface area contributed by atoms with Crippen LogP contribution in [0.4, 0.5) is 5.69 Å². The van der Waals surface area contributed by atoms with Gasteiger partial charge in [0.25, 0.3) is 11.1 Å². The van der Waals surface area contributed by atoms with Crippen LogP contribution in [0.1, 0.15) is 19.8 Å². The van der Waals surface area contributed by atoms with E-state index >= 15 is 0 Å². The van der Waals surface area contributed by atoms with Crippen LogP contribution < -0.4 is 5.32 Å². The molecule has 9 nitrogen and oxygen atoms in total. The third kappa shape index (κ3) is 4.46. The molecule has 2 aromatic carbocycles. The summed E-state index contributed by atoms with van der Waals surface area (Å²) in [5, 5.41) is 11.7. The van der Waals surface area contributed by atoms with Crippen molar-refractivity contribution in [1.82, 2.24) is 19.5 Å². The summed E-state index contributed by atoms with van der Waals surface area (Å²) in [6.07, 6.45) is 3.58. The van der Waals surface area contributed by atoms with Gasteiger partial charge in [-0.3, -0.25) is 4.79 Å². The van der Waals surface area contributed by atoms with E-state index in [2.05, 4.69) is 20.5 Å². The first-order chi connectivity index (χ1) is 16.4. The predicted octanol–water partition coefficient (Wildman–Crippen LogP) is 4.12. The number of para-hydroxylation sites is 1. The molecule has 5 rings (SSSR count). The highest BCUT2D eigenvalue weighted by molar-refractivity contribution is 8.00. The number of fused-ring (bicyclic) bond motifs is 1. The summed E-state index contributed by atoms with van der Waals surface area (Å²) in [6.45, 7) is 2.84. The monoisotopic (exact) mass is 497 g/mol. The molecule has 1 atom stereocenters. The Kier molecular flexibility index (Phi) is 6.15. The molecule has 176 valence electrons. The van der Waals surface area contributed by atoms with Gasteiger partial charge in [0.15, 0.2) is 0 Å². The Bertz CT molecular complexity index is 1420. The summed E-state index contributed by atoms with van der Waals surface area (Å²) < 4.78 is 32.6. The number of H-pyrrole nitrogens is 1. The van der Waals surface area contributed by atoms with Crippen LogP contribution in [0.2, 0.25) is 0 Å². The average molecular weight is 498 g/mol. The number of anilines is 1. The Balaban J connectivity index is 1.22. The lowest BCUT2D eigenvalue weighted by Gasteiger charge is -2.16. The highest BCUT2D eigenvalue weighted by Gasteiger charge is 2.27. The van der Waals surface area contributed by atoms with Crippen LogP contribution in [0, 0.1) is 0 Å². The number of carbonyl (C=O) groups excluding carboxylic acids is 1. The normalized spacial score (nSPS) is 15.6. The zero-order valence-corrected chi connectivity index (χ0v) is 20.0. The maximum absolute atomic E-state index is 12.7. The number of hydrogen-bond acceptors (Lipinski definition) is 7. The second-order valence-corrected chi connectivity index (χ2v) is 11.2. The van der Waals surface area contributed by atoms with E-state index in [1.54, 1.807) is 19.1 Å². The smallest absolute Gasteiger partial charge is 0.277 e. The molecule has 4 aromatic rings.